The fraction of sp³-hybridized carbons (Fsp3) is 0.133. The molecule has 7 heteroatoms. The van der Waals surface area contributed by atoms with Gasteiger partial charge in [-0.2, -0.15) is 8.42 Å². The first-order valence-corrected chi connectivity index (χ1v) is 8.45. The highest BCUT2D eigenvalue weighted by Gasteiger charge is 2.18. The highest BCUT2D eigenvalue weighted by atomic mass is 35.5. The van der Waals surface area contributed by atoms with Crippen molar-refractivity contribution in [3.05, 3.63) is 64.7 Å². The SMILES string of the molecule is CS(=O)(=O)OC(=O)c1ccccc1OCc1cccc(Cl)c1. The van der Waals surface area contributed by atoms with Crippen molar-refractivity contribution >= 4 is 27.7 Å². The van der Waals surface area contributed by atoms with Crippen LogP contribution in [-0.4, -0.2) is 20.6 Å². The van der Waals surface area contributed by atoms with Crippen LogP contribution >= 0.6 is 11.6 Å². The van der Waals surface area contributed by atoms with Gasteiger partial charge in [-0.05, 0) is 29.8 Å². The number of rotatable bonds is 5. The van der Waals surface area contributed by atoms with Crippen molar-refractivity contribution in [2.75, 3.05) is 6.26 Å². The monoisotopic (exact) mass is 340 g/mol. The molecule has 0 saturated carbocycles. The maximum atomic E-state index is 11.8. The molecule has 0 heterocycles. The van der Waals surface area contributed by atoms with Crippen LogP contribution in [-0.2, 0) is 20.9 Å². The summed E-state index contributed by atoms with van der Waals surface area (Å²) in [4.78, 5) is 11.8. The lowest BCUT2D eigenvalue weighted by atomic mass is 10.2. The molecule has 0 bridgehead atoms. The Morgan fingerprint density at radius 1 is 1.14 bits per heavy atom. The lowest BCUT2D eigenvalue weighted by Crippen LogP contribution is -2.13. The highest BCUT2D eigenvalue weighted by molar-refractivity contribution is 7.86. The van der Waals surface area contributed by atoms with Gasteiger partial charge in [-0.1, -0.05) is 35.9 Å². The molecule has 0 unspecified atom stereocenters. The summed E-state index contributed by atoms with van der Waals surface area (Å²) in [5, 5.41) is 0.575. The number of ether oxygens (including phenoxy) is 1. The number of carbonyl (C=O) groups is 1. The van der Waals surface area contributed by atoms with E-state index >= 15 is 0 Å². The first-order valence-electron chi connectivity index (χ1n) is 6.25. The lowest BCUT2D eigenvalue weighted by Gasteiger charge is -2.10. The summed E-state index contributed by atoms with van der Waals surface area (Å²) >= 11 is 5.88. The molecule has 0 atom stereocenters. The lowest BCUT2D eigenvalue weighted by molar-refractivity contribution is 0.0743. The number of hydrogen-bond donors (Lipinski definition) is 0. The van der Waals surface area contributed by atoms with E-state index in [1.165, 1.54) is 6.07 Å². The molecule has 0 N–H and O–H groups in total. The van der Waals surface area contributed by atoms with Gasteiger partial charge >= 0.3 is 16.1 Å². The number of carbonyl (C=O) groups excluding carboxylic acids is 1. The molecule has 0 aromatic heterocycles. The normalized spacial score (nSPS) is 11.0. The Morgan fingerprint density at radius 2 is 1.86 bits per heavy atom. The zero-order chi connectivity index (χ0) is 16.2. The van der Waals surface area contributed by atoms with Crippen molar-refractivity contribution in [3.63, 3.8) is 0 Å². The minimum absolute atomic E-state index is 0.0370. The summed E-state index contributed by atoms with van der Waals surface area (Å²) in [6.45, 7) is 0.184. The molecule has 0 spiro atoms. The van der Waals surface area contributed by atoms with Crippen molar-refractivity contribution in [3.8, 4) is 5.75 Å². The Hall–Kier alpha value is -2.05. The number of hydrogen-bond acceptors (Lipinski definition) is 5. The van der Waals surface area contributed by atoms with E-state index < -0.39 is 16.1 Å². The average Bonchev–Trinajstić information content (AvgIpc) is 2.44. The molecule has 0 fully saturated rings. The third-order valence-corrected chi connectivity index (χ3v) is 3.31. The van der Waals surface area contributed by atoms with Gasteiger partial charge in [0.1, 0.15) is 17.9 Å². The summed E-state index contributed by atoms with van der Waals surface area (Å²) in [5.41, 5.74) is 0.855. The van der Waals surface area contributed by atoms with E-state index in [4.69, 9.17) is 16.3 Å². The Bertz CT molecular complexity index is 786. The molecule has 5 nitrogen and oxygen atoms in total. The van der Waals surface area contributed by atoms with Gasteiger partial charge in [-0.25, -0.2) is 4.79 Å². The van der Waals surface area contributed by atoms with E-state index in [1.807, 2.05) is 6.07 Å². The molecule has 0 aliphatic heterocycles. The molecule has 2 aromatic rings. The van der Waals surface area contributed by atoms with E-state index in [2.05, 4.69) is 4.18 Å². The third-order valence-electron chi connectivity index (χ3n) is 2.62. The van der Waals surface area contributed by atoms with Gasteiger partial charge in [0.15, 0.2) is 0 Å². The standard InChI is InChI=1S/C15H13ClO5S/c1-22(18,19)21-15(17)13-7-2-3-8-14(13)20-10-11-5-4-6-12(16)9-11/h2-9H,10H2,1H3. The topological polar surface area (TPSA) is 69.7 Å². The minimum Gasteiger partial charge on any atom is -0.488 e. The molecule has 0 radical (unpaired) electrons. The third kappa shape index (κ3) is 4.75. The second-order valence-electron chi connectivity index (χ2n) is 4.49. The minimum atomic E-state index is -3.88. The van der Waals surface area contributed by atoms with E-state index in [1.54, 1.807) is 36.4 Å². The van der Waals surface area contributed by atoms with Crippen LogP contribution in [0.2, 0.25) is 5.02 Å². The van der Waals surface area contributed by atoms with Crippen molar-refractivity contribution in [1.82, 2.24) is 0 Å². The van der Waals surface area contributed by atoms with Crippen LogP contribution in [0.25, 0.3) is 0 Å². The first-order chi connectivity index (χ1) is 10.3. The number of para-hydroxylation sites is 1. The molecule has 2 rings (SSSR count). The number of benzene rings is 2. The second kappa shape index (κ2) is 6.81. The predicted octanol–water partition coefficient (Wildman–Crippen LogP) is 3.04. The van der Waals surface area contributed by atoms with E-state index in [9.17, 15) is 13.2 Å². The summed E-state index contributed by atoms with van der Waals surface area (Å²) in [7, 11) is -3.88. The molecule has 2 aromatic carbocycles. The molecule has 0 aliphatic rings. The van der Waals surface area contributed by atoms with Crippen LogP contribution in [0.5, 0.6) is 5.75 Å². The molecular formula is C15H13ClO5S. The maximum Gasteiger partial charge on any atom is 0.357 e. The van der Waals surface area contributed by atoms with Gasteiger partial charge < -0.3 is 8.92 Å². The van der Waals surface area contributed by atoms with E-state index in [-0.39, 0.29) is 17.9 Å². The number of halogens is 1. The zero-order valence-electron chi connectivity index (χ0n) is 11.7. The van der Waals surface area contributed by atoms with Crippen molar-refractivity contribution in [2.45, 2.75) is 6.61 Å². The maximum absolute atomic E-state index is 11.8. The van der Waals surface area contributed by atoms with E-state index in [0.717, 1.165) is 11.8 Å². The van der Waals surface area contributed by atoms with Gasteiger partial charge in [0, 0.05) is 5.02 Å². The smallest absolute Gasteiger partial charge is 0.357 e. The van der Waals surface area contributed by atoms with Gasteiger partial charge in [-0.3, -0.25) is 0 Å². The average molecular weight is 341 g/mol. The van der Waals surface area contributed by atoms with Crippen LogP contribution in [0.4, 0.5) is 0 Å². The quantitative estimate of drug-likeness (QED) is 0.782. The summed E-state index contributed by atoms with van der Waals surface area (Å²) < 4.78 is 32.0. The summed E-state index contributed by atoms with van der Waals surface area (Å²) in [6, 6.07) is 13.3. The molecule has 0 amide bonds. The Kier molecular flexibility index (Phi) is 5.05. The van der Waals surface area contributed by atoms with Gasteiger partial charge in [0.2, 0.25) is 0 Å². The van der Waals surface area contributed by atoms with Gasteiger partial charge in [-0.15, -0.1) is 0 Å². The fourth-order valence-corrected chi connectivity index (χ4v) is 2.31. The van der Waals surface area contributed by atoms with Crippen LogP contribution in [0.15, 0.2) is 48.5 Å². The fourth-order valence-electron chi connectivity index (χ4n) is 1.73. The molecular weight excluding hydrogens is 328 g/mol. The Morgan fingerprint density at radius 3 is 2.55 bits per heavy atom. The Labute approximate surface area is 133 Å². The van der Waals surface area contributed by atoms with Crippen LogP contribution in [0.3, 0.4) is 0 Å². The van der Waals surface area contributed by atoms with Gasteiger partial charge in [0.05, 0.1) is 6.26 Å². The predicted molar refractivity (Wildman–Crippen MR) is 82.5 cm³/mol. The summed E-state index contributed by atoms with van der Waals surface area (Å²) in [6.07, 6.45) is 0.806. The first kappa shape index (κ1) is 16.3. The van der Waals surface area contributed by atoms with Crippen molar-refractivity contribution < 1.29 is 22.1 Å². The second-order valence-corrected chi connectivity index (χ2v) is 6.50. The van der Waals surface area contributed by atoms with Crippen LogP contribution < -0.4 is 4.74 Å². The molecule has 0 saturated heterocycles. The Balaban J connectivity index is 2.16. The largest absolute Gasteiger partial charge is 0.488 e. The molecule has 22 heavy (non-hydrogen) atoms. The zero-order valence-corrected chi connectivity index (χ0v) is 13.2. The van der Waals surface area contributed by atoms with E-state index in [0.29, 0.717) is 5.02 Å². The molecule has 0 aliphatic carbocycles. The van der Waals surface area contributed by atoms with Crippen LogP contribution in [0.1, 0.15) is 15.9 Å². The summed E-state index contributed by atoms with van der Waals surface area (Å²) in [5.74, 6) is -0.750. The molecule has 116 valence electrons. The highest BCUT2D eigenvalue weighted by Crippen LogP contribution is 2.21. The van der Waals surface area contributed by atoms with Crippen molar-refractivity contribution in [2.24, 2.45) is 0 Å². The van der Waals surface area contributed by atoms with Crippen LogP contribution in [0, 0.1) is 0 Å². The van der Waals surface area contributed by atoms with Crippen molar-refractivity contribution in [1.29, 1.82) is 0 Å². The van der Waals surface area contributed by atoms with Gasteiger partial charge in [0.25, 0.3) is 0 Å².